The molecule has 0 radical (unpaired) electrons. The lowest BCUT2D eigenvalue weighted by atomic mass is 9.99. The molecule has 2 aliphatic rings. The van der Waals surface area contributed by atoms with Gasteiger partial charge in [-0.1, -0.05) is 131 Å². The van der Waals surface area contributed by atoms with Crippen molar-refractivity contribution in [2.45, 2.75) is 112 Å². The van der Waals surface area contributed by atoms with Crippen molar-refractivity contribution in [2.24, 2.45) is 0 Å². The van der Waals surface area contributed by atoms with Gasteiger partial charge in [-0.2, -0.15) is 4.73 Å². The highest BCUT2D eigenvalue weighted by Crippen LogP contribution is 2.50. The van der Waals surface area contributed by atoms with Crippen LogP contribution in [0.25, 0.3) is 10.9 Å². The van der Waals surface area contributed by atoms with E-state index in [4.69, 9.17) is 13.9 Å². The van der Waals surface area contributed by atoms with E-state index in [1.54, 1.807) is 11.8 Å². The minimum absolute atomic E-state index is 0.0752. The van der Waals surface area contributed by atoms with Gasteiger partial charge in [0.25, 0.3) is 0 Å². The smallest absolute Gasteiger partial charge is 0.331 e. The van der Waals surface area contributed by atoms with E-state index in [0.717, 1.165) is 73.0 Å². The van der Waals surface area contributed by atoms with Gasteiger partial charge in [-0.25, -0.2) is 0 Å². The summed E-state index contributed by atoms with van der Waals surface area (Å²) in [5.41, 5.74) is 6.45. The molecule has 61 heavy (non-hydrogen) atoms. The zero-order valence-electron chi connectivity index (χ0n) is 37.5. The van der Waals surface area contributed by atoms with Crippen LogP contribution in [-0.2, 0) is 41.2 Å². The number of piperidine rings is 1. The van der Waals surface area contributed by atoms with E-state index in [2.05, 4.69) is 54.6 Å². The number of unbranched alkanes of at least 4 members (excludes halogenated alkanes) is 3. The molecule has 6 rings (SSSR count). The molecule has 1 aromatic heterocycles. The van der Waals surface area contributed by atoms with Gasteiger partial charge in [0.2, 0.25) is 17.7 Å². The summed E-state index contributed by atoms with van der Waals surface area (Å²) in [6, 6.07) is 27.5. The number of para-hydroxylation sites is 1. The van der Waals surface area contributed by atoms with Crippen LogP contribution < -0.4 is 20.8 Å². The third-order valence-electron chi connectivity index (χ3n) is 10.2. The molecule has 2 aliphatic heterocycles. The van der Waals surface area contributed by atoms with E-state index in [-0.39, 0.29) is 36.9 Å². The molecule has 0 aliphatic carbocycles. The summed E-state index contributed by atoms with van der Waals surface area (Å²) in [5, 5.41) is 9.23. The van der Waals surface area contributed by atoms with Gasteiger partial charge >= 0.3 is 7.60 Å². The highest BCUT2D eigenvalue weighted by Gasteiger charge is 2.31. The molecule has 1 atom stereocenters. The summed E-state index contributed by atoms with van der Waals surface area (Å²) >= 11 is 0. The minimum atomic E-state index is -3.08. The minimum Gasteiger partial charge on any atom is -0.417 e. The highest BCUT2D eigenvalue weighted by molar-refractivity contribution is 7.53. The van der Waals surface area contributed by atoms with E-state index >= 15 is 0 Å². The number of nitrogens with one attached hydrogen (secondary N) is 3. The Hall–Kier alpha value is -4.90. The highest BCUT2D eigenvalue weighted by atomic mass is 31.2. The molecule has 0 spiro atoms. The van der Waals surface area contributed by atoms with Crippen LogP contribution in [0.2, 0.25) is 0 Å². The number of aromatic nitrogens is 1. The lowest BCUT2D eigenvalue weighted by molar-refractivity contribution is -0.130. The second-order valence-electron chi connectivity index (χ2n) is 15.3. The summed E-state index contributed by atoms with van der Waals surface area (Å²) in [5.74, 6) is -0.707. The van der Waals surface area contributed by atoms with Gasteiger partial charge < -0.3 is 34.7 Å². The lowest BCUT2D eigenvalue weighted by Crippen LogP contribution is -2.53. The van der Waals surface area contributed by atoms with Crippen LogP contribution in [0.15, 0.2) is 102 Å². The normalized spacial score (nSPS) is 15.7. The summed E-state index contributed by atoms with van der Waals surface area (Å²) in [6.45, 7) is 14.2. The van der Waals surface area contributed by atoms with E-state index in [1.165, 1.54) is 23.8 Å². The fourth-order valence-electron chi connectivity index (χ4n) is 6.55. The van der Waals surface area contributed by atoms with E-state index in [0.29, 0.717) is 25.9 Å². The number of rotatable bonds is 12. The predicted octanol–water partition coefficient (Wildman–Crippen LogP) is 9.11. The molecule has 1 unspecified atom stereocenters. The van der Waals surface area contributed by atoms with Gasteiger partial charge in [0, 0.05) is 23.8 Å². The fourth-order valence-corrected chi connectivity index (χ4v) is 8.18. The molecule has 3 aromatic carbocycles. The van der Waals surface area contributed by atoms with Crippen LogP contribution in [0.3, 0.4) is 0 Å². The molecule has 3 amide bonds. The molecule has 0 saturated carbocycles. The Morgan fingerprint density at radius 1 is 0.721 bits per heavy atom. The molecule has 2 fully saturated rings. The Morgan fingerprint density at radius 3 is 1.84 bits per heavy atom. The number of allylic oxidation sites excluding steroid dienone is 1. The predicted molar refractivity (Wildman–Crippen MR) is 246 cm³/mol. The van der Waals surface area contributed by atoms with Crippen LogP contribution in [0, 0.1) is 6.92 Å². The number of benzene rings is 3. The molecular formula is C48H70N5O7P. The zero-order valence-corrected chi connectivity index (χ0v) is 38.4. The standard InChI is InChI=1S/C19H25O3P.C15H24N4O3.C10H11NO.C4H10/c1-2-3-10-15-23(20,21-16-18-11-6-4-7-12-18)22-17-19-13-8-5-9-14-19;1-10(2)12-7-16-13(20)8-17-14(21)9-18-15(22)11-5-3-4-6-19(11)12;1-8-7-11(12-2)10-6-4-3-5-9(8)10;1-3-4-2/h4-9,11-14H,2-3,10,15-17H2,1H3;11H,3-9H2,1-2H3,(H,16,20)(H,17,21)(H,18,22);3-7H,1-2H3;3-4H2,1-2H3. The first-order valence-corrected chi connectivity index (χ1v) is 23.5. The molecule has 0 bridgehead atoms. The Balaban J connectivity index is 0.000000242. The number of fused-ring (bicyclic) bond motifs is 2. The Morgan fingerprint density at radius 2 is 1.28 bits per heavy atom. The van der Waals surface area contributed by atoms with Crippen molar-refractivity contribution in [1.29, 1.82) is 0 Å². The number of amides is 3. The molecule has 3 N–H and O–H groups in total. The second kappa shape index (κ2) is 27.8. The van der Waals surface area contributed by atoms with E-state index in [1.807, 2.05) is 98.9 Å². The largest absolute Gasteiger partial charge is 0.417 e. The van der Waals surface area contributed by atoms with Crippen molar-refractivity contribution in [3.8, 4) is 0 Å². The van der Waals surface area contributed by atoms with Crippen LogP contribution in [0.1, 0.15) is 103 Å². The maximum atomic E-state index is 13.0. The first-order valence-electron chi connectivity index (χ1n) is 21.8. The van der Waals surface area contributed by atoms with Crippen molar-refractivity contribution in [3.05, 3.63) is 119 Å². The SMILES string of the molecule is CC(C)=C1CNC(=O)CNC(=O)CNC(=O)C2CCCCN12.CCCC.CCCCCP(=O)(OCc1ccccc1)OCc1ccccc1.COn1cc(C)c2ccccc21. The zero-order chi connectivity index (χ0) is 44.5. The van der Waals surface area contributed by atoms with Gasteiger partial charge in [-0.3, -0.25) is 18.9 Å². The number of hydrogen-bond acceptors (Lipinski definition) is 8. The third-order valence-corrected chi connectivity index (χ3v) is 12.1. The molecule has 12 nitrogen and oxygen atoms in total. The number of carbonyl (C=O) groups is 3. The Kier molecular flexibility index (Phi) is 23.0. The molecule has 13 heteroatoms. The number of hydrogen-bond donors (Lipinski definition) is 3. The second-order valence-corrected chi connectivity index (χ2v) is 17.5. The summed E-state index contributed by atoms with van der Waals surface area (Å²) in [6.07, 6.45) is 10.9. The molecular weight excluding hydrogens is 790 g/mol. The van der Waals surface area contributed by atoms with Crippen LogP contribution in [-0.4, -0.2) is 72.8 Å². The van der Waals surface area contributed by atoms with Crippen LogP contribution in [0.5, 0.6) is 0 Å². The average Bonchev–Trinajstić information content (AvgIpc) is 3.62. The first-order chi connectivity index (χ1) is 29.4. The summed E-state index contributed by atoms with van der Waals surface area (Å²) < 4.78 is 26.2. The first kappa shape index (κ1) is 50.5. The Bertz CT molecular complexity index is 1930. The van der Waals surface area contributed by atoms with Crippen molar-refractivity contribution in [3.63, 3.8) is 0 Å². The summed E-state index contributed by atoms with van der Waals surface area (Å²) in [7, 11) is -1.41. The van der Waals surface area contributed by atoms with Crippen LogP contribution in [0.4, 0.5) is 0 Å². The average molecular weight is 860 g/mol. The third kappa shape index (κ3) is 17.9. The van der Waals surface area contributed by atoms with Gasteiger partial charge in [-0.05, 0) is 69.2 Å². The van der Waals surface area contributed by atoms with Gasteiger partial charge in [0.1, 0.15) is 13.2 Å². The molecule has 2 saturated heterocycles. The van der Waals surface area contributed by atoms with Gasteiger partial charge in [0.15, 0.2) is 0 Å². The number of carbonyl (C=O) groups excluding carboxylic acids is 3. The molecule has 3 heterocycles. The lowest BCUT2D eigenvalue weighted by Gasteiger charge is -2.39. The number of nitrogens with zero attached hydrogens (tertiary/aromatic N) is 2. The summed E-state index contributed by atoms with van der Waals surface area (Å²) in [4.78, 5) is 43.0. The van der Waals surface area contributed by atoms with Crippen molar-refractivity contribution >= 4 is 36.2 Å². The fraction of sp³-hybridized carbons (Fsp3) is 0.479. The Labute approximate surface area is 364 Å². The quantitative estimate of drug-likeness (QED) is 0.0947. The molecule has 4 aromatic rings. The van der Waals surface area contributed by atoms with Crippen molar-refractivity contribution in [1.82, 2.24) is 25.6 Å². The van der Waals surface area contributed by atoms with Gasteiger partial charge in [0.05, 0.1) is 44.5 Å². The van der Waals surface area contributed by atoms with Crippen molar-refractivity contribution in [2.75, 3.05) is 39.5 Å². The number of aryl methyl sites for hydroxylation is 1. The maximum Gasteiger partial charge on any atom is 0.331 e. The van der Waals surface area contributed by atoms with E-state index in [9.17, 15) is 18.9 Å². The van der Waals surface area contributed by atoms with E-state index < -0.39 is 7.60 Å². The maximum absolute atomic E-state index is 13.0. The molecule has 334 valence electrons. The van der Waals surface area contributed by atoms with Crippen molar-refractivity contribution < 1.29 is 32.8 Å². The van der Waals surface area contributed by atoms with Crippen LogP contribution >= 0.6 is 7.60 Å². The monoisotopic (exact) mass is 860 g/mol. The van der Waals surface area contributed by atoms with Gasteiger partial charge in [-0.15, -0.1) is 0 Å². The topological polar surface area (TPSA) is 140 Å².